The van der Waals surface area contributed by atoms with Gasteiger partial charge in [-0.2, -0.15) is 0 Å². The molecule has 2 aliphatic rings. The second-order valence-electron chi connectivity index (χ2n) is 8.46. The van der Waals surface area contributed by atoms with Crippen LogP contribution in [0.5, 0.6) is 0 Å². The molecule has 30 heavy (non-hydrogen) atoms. The summed E-state index contributed by atoms with van der Waals surface area (Å²) < 4.78 is 5.50. The Bertz CT molecular complexity index is 907. The minimum atomic E-state index is -0.569. The summed E-state index contributed by atoms with van der Waals surface area (Å²) in [4.78, 5) is 32.0. The summed E-state index contributed by atoms with van der Waals surface area (Å²) in [6.45, 7) is 3.76. The zero-order chi connectivity index (χ0) is 21.1. The zero-order valence-electron chi connectivity index (χ0n) is 17.6. The summed E-state index contributed by atoms with van der Waals surface area (Å²) in [7, 11) is 1.57. The van der Waals surface area contributed by atoms with Gasteiger partial charge < -0.3 is 15.0 Å². The van der Waals surface area contributed by atoms with Crippen LogP contribution in [-0.2, 0) is 20.9 Å². The largest absolute Gasteiger partial charge is 0.367 e. The van der Waals surface area contributed by atoms with Gasteiger partial charge in [-0.25, -0.2) is 0 Å². The van der Waals surface area contributed by atoms with E-state index in [1.165, 1.54) is 0 Å². The number of rotatable bonds is 6. The Hall–Kier alpha value is -2.73. The van der Waals surface area contributed by atoms with Gasteiger partial charge in [0.25, 0.3) is 5.91 Å². The van der Waals surface area contributed by atoms with E-state index in [-0.39, 0.29) is 23.1 Å². The van der Waals surface area contributed by atoms with Gasteiger partial charge in [-0.1, -0.05) is 36.4 Å². The number of ether oxygens (including phenoxy) is 1. The quantitative estimate of drug-likeness (QED) is 0.799. The maximum absolute atomic E-state index is 13.0. The van der Waals surface area contributed by atoms with Gasteiger partial charge in [0.2, 0.25) is 5.91 Å². The van der Waals surface area contributed by atoms with Crippen molar-refractivity contribution in [3.8, 4) is 0 Å². The molecule has 1 saturated heterocycles. The van der Waals surface area contributed by atoms with E-state index in [1.807, 2.05) is 60.4 Å². The van der Waals surface area contributed by atoms with Crippen molar-refractivity contribution in [3.05, 3.63) is 65.5 Å². The van der Waals surface area contributed by atoms with Gasteiger partial charge in [-0.15, -0.1) is 0 Å². The number of nitrogens with one attached hydrogen (secondary N) is 1. The van der Waals surface area contributed by atoms with E-state index in [1.54, 1.807) is 7.11 Å². The van der Waals surface area contributed by atoms with Gasteiger partial charge in [0.15, 0.2) is 6.10 Å². The van der Waals surface area contributed by atoms with Crippen molar-refractivity contribution in [1.29, 1.82) is 0 Å². The number of pyridine rings is 1. The third kappa shape index (κ3) is 4.24. The maximum Gasteiger partial charge on any atom is 0.256 e. The van der Waals surface area contributed by atoms with Crippen molar-refractivity contribution in [1.82, 2.24) is 15.2 Å². The summed E-state index contributed by atoms with van der Waals surface area (Å²) in [6.07, 6.45) is 2.07. The van der Waals surface area contributed by atoms with Gasteiger partial charge in [0.1, 0.15) is 0 Å². The number of methoxy groups -OCH3 is 1. The number of carbonyl (C=O) groups is 2. The number of hydrogen-bond acceptors (Lipinski definition) is 4. The predicted octanol–water partition coefficient (Wildman–Crippen LogP) is 3.02. The van der Waals surface area contributed by atoms with Gasteiger partial charge in [0, 0.05) is 31.8 Å². The Balaban J connectivity index is 1.29. The average molecular weight is 408 g/mol. The fourth-order valence-electron chi connectivity index (χ4n) is 4.62. The molecule has 2 aromatic rings. The van der Waals surface area contributed by atoms with E-state index in [9.17, 15) is 9.59 Å². The molecule has 6 heteroatoms. The van der Waals surface area contributed by atoms with Crippen molar-refractivity contribution in [2.45, 2.75) is 38.8 Å². The van der Waals surface area contributed by atoms with Crippen LogP contribution in [0.15, 0.2) is 48.5 Å². The molecule has 1 aromatic carbocycles. The number of aryl methyl sites for hydroxylation is 1. The van der Waals surface area contributed by atoms with E-state index in [0.29, 0.717) is 19.6 Å². The van der Waals surface area contributed by atoms with Crippen LogP contribution in [0, 0.1) is 18.3 Å². The smallest absolute Gasteiger partial charge is 0.256 e. The number of piperidine rings is 1. The number of aromatic nitrogens is 1. The number of carbonyl (C=O) groups excluding carboxylic acids is 2. The van der Waals surface area contributed by atoms with Crippen LogP contribution in [-0.4, -0.2) is 41.9 Å². The first kappa shape index (κ1) is 20.5. The van der Waals surface area contributed by atoms with Crippen molar-refractivity contribution in [3.63, 3.8) is 0 Å². The second-order valence-corrected chi connectivity index (χ2v) is 8.46. The van der Waals surface area contributed by atoms with E-state index in [4.69, 9.17) is 4.74 Å². The molecule has 2 heterocycles. The Morgan fingerprint density at radius 2 is 1.90 bits per heavy atom. The topological polar surface area (TPSA) is 71.5 Å². The molecule has 0 radical (unpaired) electrons. The molecule has 1 aliphatic carbocycles. The molecular formula is C24H29N3O3. The maximum atomic E-state index is 13.0. The fraction of sp³-hybridized carbons (Fsp3) is 0.458. The van der Waals surface area contributed by atoms with E-state index in [0.717, 1.165) is 36.2 Å². The molecule has 1 N–H and O–H groups in total. The van der Waals surface area contributed by atoms with Gasteiger partial charge in [-0.05, 0) is 49.3 Å². The minimum Gasteiger partial charge on any atom is -0.367 e. The predicted molar refractivity (Wildman–Crippen MR) is 113 cm³/mol. The normalized spacial score (nSPS) is 20.6. The average Bonchev–Trinajstić information content (AvgIpc) is 3.47. The SMILES string of the molecule is COC(C(=O)N1CCC2(CC1)CC2C(=O)NCc1cccc(C)n1)c1ccccc1. The minimum absolute atomic E-state index is 0.00530. The molecule has 1 aromatic heterocycles. The molecule has 1 spiro atoms. The molecule has 2 amide bonds. The first-order valence-electron chi connectivity index (χ1n) is 10.6. The van der Waals surface area contributed by atoms with Crippen LogP contribution in [0.4, 0.5) is 0 Å². The van der Waals surface area contributed by atoms with Crippen molar-refractivity contribution in [2.75, 3.05) is 20.2 Å². The first-order chi connectivity index (χ1) is 14.5. The Morgan fingerprint density at radius 1 is 1.17 bits per heavy atom. The summed E-state index contributed by atoms with van der Waals surface area (Å²) in [5.74, 6) is 0.162. The monoisotopic (exact) mass is 407 g/mol. The van der Waals surface area contributed by atoms with Crippen molar-refractivity contribution in [2.24, 2.45) is 11.3 Å². The highest BCUT2D eigenvalue weighted by Crippen LogP contribution is 2.59. The molecule has 2 unspecified atom stereocenters. The molecule has 158 valence electrons. The lowest BCUT2D eigenvalue weighted by atomic mass is 9.90. The molecule has 1 aliphatic heterocycles. The number of nitrogens with zero attached hydrogens (tertiary/aromatic N) is 2. The lowest BCUT2D eigenvalue weighted by molar-refractivity contribution is -0.144. The lowest BCUT2D eigenvalue weighted by Crippen LogP contribution is -2.43. The number of hydrogen-bond donors (Lipinski definition) is 1. The van der Waals surface area contributed by atoms with E-state index in [2.05, 4.69) is 10.3 Å². The zero-order valence-corrected chi connectivity index (χ0v) is 17.6. The number of benzene rings is 1. The molecule has 0 bridgehead atoms. The lowest BCUT2D eigenvalue weighted by Gasteiger charge is -2.34. The summed E-state index contributed by atoms with van der Waals surface area (Å²) in [5, 5.41) is 3.04. The molecule has 6 nitrogen and oxygen atoms in total. The first-order valence-corrected chi connectivity index (χ1v) is 10.6. The Morgan fingerprint density at radius 3 is 2.57 bits per heavy atom. The van der Waals surface area contributed by atoms with Crippen LogP contribution >= 0.6 is 0 Å². The summed E-state index contributed by atoms with van der Waals surface area (Å²) in [6, 6.07) is 15.4. The van der Waals surface area contributed by atoms with Crippen molar-refractivity contribution < 1.29 is 14.3 Å². The van der Waals surface area contributed by atoms with E-state index < -0.39 is 6.10 Å². The third-order valence-corrected chi connectivity index (χ3v) is 6.53. The van der Waals surface area contributed by atoms with Crippen LogP contribution in [0.3, 0.4) is 0 Å². The van der Waals surface area contributed by atoms with Crippen LogP contribution in [0.25, 0.3) is 0 Å². The van der Waals surface area contributed by atoms with Crippen LogP contribution in [0.2, 0.25) is 0 Å². The fourth-order valence-corrected chi connectivity index (χ4v) is 4.62. The molecule has 2 atom stereocenters. The Kier molecular flexibility index (Phi) is 5.86. The molecule has 4 rings (SSSR count). The highest BCUT2D eigenvalue weighted by Gasteiger charge is 2.58. The number of likely N-dealkylation sites (tertiary alicyclic amines) is 1. The molecule has 2 fully saturated rings. The van der Waals surface area contributed by atoms with Gasteiger partial charge in [0.05, 0.1) is 12.2 Å². The molecular weight excluding hydrogens is 378 g/mol. The second kappa shape index (κ2) is 8.56. The van der Waals surface area contributed by atoms with Gasteiger partial charge >= 0.3 is 0 Å². The summed E-state index contributed by atoms with van der Waals surface area (Å²) >= 11 is 0. The third-order valence-electron chi connectivity index (χ3n) is 6.53. The number of amides is 2. The van der Waals surface area contributed by atoms with Crippen molar-refractivity contribution >= 4 is 11.8 Å². The van der Waals surface area contributed by atoms with Crippen LogP contribution < -0.4 is 5.32 Å². The van der Waals surface area contributed by atoms with E-state index >= 15 is 0 Å². The molecule has 1 saturated carbocycles. The highest BCUT2D eigenvalue weighted by atomic mass is 16.5. The highest BCUT2D eigenvalue weighted by molar-refractivity contribution is 5.84. The van der Waals surface area contributed by atoms with Gasteiger partial charge in [-0.3, -0.25) is 14.6 Å². The van der Waals surface area contributed by atoms with Crippen LogP contribution in [0.1, 0.15) is 42.3 Å². The summed E-state index contributed by atoms with van der Waals surface area (Å²) in [5.41, 5.74) is 2.76. The standard InChI is InChI=1S/C24H29N3O3/c1-17-7-6-10-19(26-17)16-25-22(28)20-15-24(20)11-13-27(14-12-24)23(29)21(30-2)18-8-4-3-5-9-18/h3-10,20-21H,11-16H2,1-2H3,(H,25,28). The Labute approximate surface area is 177 Å².